The van der Waals surface area contributed by atoms with Gasteiger partial charge in [-0.15, -0.1) is 0 Å². The first-order chi connectivity index (χ1) is 7.42. The third-order valence-electron chi connectivity index (χ3n) is 3.60. The van der Waals surface area contributed by atoms with Crippen molar-refractivity contribution in [1.29, 1.82) is 0 Å². The summed E-state index contributed by atoms with van der Waals surface area (Å²) in [5, 5.41) is 10.4. The molecular formula is C14H21NO. The smallest absolute Gasteiger partial charge is 0.0896 e. The van der Waals surface area contributed by atoms with E-state index in [1.54, 1.807) is 0 Å². The van der Waals surface area contributed by atoms with Crippen molar-refractivity contribution in [2.45, 2.75) is 50.7 Å². The van der Waals surface area contributed by atoms with Crippen molar-refractivity contribution in [2.24, 2.45) is 5.73 Å². The van der Waals surface area contributed by atoms with Crippen LogP contribution in [0, 0.1) is 0 Å². The van der Waals surface area contributed by atoms with Crippen LogP contribution < -0.4 is 5.73 Å². The van der Waals surface area contributed by atoms with Gasteiger partial charge in [0.05, 0.1) is 5.60 Å². The molecule has 0 aliphatic heterocycles. The normalized spacial score (nSPS) is 20.0. The van der Waals surface area contributed by atoms with E-state index >= 15 is 0 Å². The fourth-order valence-electron chi connectivity index (χ4n) is 2.46. The van der Waals surface area contributed by atoms with Crippen molar-refractivity contribution in [3.8, 4) is 0 Å². The monoisotopic (exact) mass is 219 g/mol. The highest BCUT2D eigenvalue weighted by atomic mass is 16.3. The highest BCUT2D eigenvalue weighted by Gasteiger charge is 2.32. The highest BCUT2D eigenvalue weighted by Crippen LogP contribution is 2.38. The molecule has 0 bridgehead atoms. The molecule has 1 aliphatic carbocycles. The van der Waals surface area contributed by atoms with Crippen LogP contribution in [0.5, 0.6) is 0 Å². The van der Waals surface area contributed by atoms with Crippen LogP contribution in [-0.2, 0) is 11.1 Å². The molecule has 2 rings (SSSR count). The van der Waals surface area contributed by atoms with Crippen molar-refractivity contribution in [3.63, 3.8) is 0 Å². The molecule has 88 valence electrons. The predicted molar refractivity (Wildman–Crippen MR) is 66.0 cm³/mol. The van der Waals surface area contributed by atoms with Crippen LogP contribution in [0.25, 0.3) is 0 Å². The molecule has 0 saturated heterocycles. The average Bonchev–Trinajstić information content (AvgIpc) is 2.66. The molecule has 1 aromatic carbocycles. The molecule has 0 unspecified atom stereocenters. The SMILES string of the molecule is CC(C)(N)c1ccc(C2(O)CCCC2)cc1. The lowest BCUT2D eigenvalue weighted by Crippen LogP contribution is -2.29. The minimum atomic E-state index is -0.586. The number of rotatable bonds is 2. The minimum absolute atomic E-state index is 0.309. The lowest BCUT2D eigenvalue weighted by molar-refractivity contribution is 0.0444. The summed E-state index contributed by atoms with van der Waals surface area (Å²) in [5.41, 5.74) is 7.28. The second-order valence-electron chi connectivity index (χ2n) is 5.54. The van der Waals surface area contributed by atoms with Crippen LogP contribution in [0.4, 0.5) is 0 Å². The first-order valence-electron chi connectivity index (χ1n) is 6.04. The van der Waals surface area contributed by atoms with E-state index in [9.17, 15) is 5.11 Å². The molecule has 0 amide bonds. The summed E-state index contributed by atoms with van der Waals surface area (Å²) in [6.45, 7) is 3.98. The van der Waals surface area contributed by atoms with E-state index in [1.165, 1.54) is 0 Å². The molecule has 0 radical (unpaired) electrons. The highest BCUT2D eigenvalue weighted by molar-refractivity contribution is 5.31. The van der Waals surface area contributed by atoms with Crippen molar-refractivity contribution in [2.75, 3.05) is 0 Å². The summed E-state index contributed by atoms with van der Waals surface area (Å²) in [7, 11) is 0. The molecule has 1 aromatic rings. The lowest BCUT2D eigenvalue weighted by Gasteiger charge is -2.25. The Morgan fingerprint density at radius 1 is 1.12 bits per heavy atom. The summed E-state index contributed by atoms with van der Waals surface area (Å²) in [4.78, 5) is 0. The number of benzene rings is 1. The molecular weight excluding hydrogens is 198 g/mol. The predicted octanol–water partition coefficient (Wildman–Crippen LogP) is 2.64. The molecule has 0 spiro atoms. The average molecular weight is 219 g/mol. The fraction of sp³-hybridized carbons (Fsp3) is 0.571. The van der Waals surface area contributed by atoms with Crippen LogP contribution in [0.2, 0.25) is 0 Å². The molecule has 16 heavy (non-hydrogen) atoms. The van der Waals surface area contributed by atoms with E-state index in [0.29, 0.717) is 0 Å². The molecule has 2 heteroatoms. The van der Waals surface area contributed by atoms with Gasteiger partial charge in [0.1, 0.15) is 0 Å². The Morgan fingerprint density at radius 2 is 1.62 bits per heavy atom. The van der Waals surface area contributed by atoms with E-state index in [2.05, 4.69) is 0 Å². The Bertz CT molecular complexity index is 355. The van der Waals surface area contributed by atoms with Gasteiger partial charge in [-0.25, -0.2) is 0 Å². The lowest BCUT2D eigenvalue weighted by atomic mass is 9.88. The van der Waals surface area contributed by atoms with Gasteiger partial charge < -0.3 is 10.8 Å². The van der Waals surface area contributed by atoms with Crippen molar-refractivity contribution in [1.82, 2.24) is 0 Å². The summed E-state index contributed by atoms with van der Waals surface area (Å²) in [6, 6.07) is 8.11. The number of nitrogens with two attached hydrogens (primary N) is 1. The van der Waals surface area contributed by atoms with Gasteiger partial charge in [0, 0.05) is 5.54 Å². The summed E-state index contributed by atoms with van der Waals surface area (Å²) in [5.74, 6) is 0. The Morgan fingerprint density at radius 3 is 2.06 bits per heavy atom. The molecule has 1 fully saturated rings. The summed E-state index contributed by atoms with van der Waals surface area (Å²) < 4.78 is 0. The van der Waals surface area contributed by atoms with Crippen LogP contribution in [0.1, 0.15) is 50.7 Å². The van der Waals surface area contributed by atoms with E-state index in [-0.39, 0.29) is 5.54 Å². The largest absolute Gasteiger partial charge is 0.385 e. The molecule has 2 nitrogen and oxygen atoms in total. The van der Waals surface area contributed by atoms with E-state index in [0.717, 1.165) is 36.8 Å². The Kier molecular flexibility index (Phi) is 2.81. The zero-order valence-electron chi connectivity index (χ0n) is 10.2. The van der Waals surface area contributed by atoms with Crippen LogP contribution >= 0.6 is 0 Å². The van der Waals surface area contributed by atoms with Gasteiger partial charge in [0.25, 0.3) is 0 Å². The van der Waals surface area contributed by atoms with Gasteiger partial charge in [-0.2, -0.15) is 0 Å². The molecule has 1 saturated carbocycles. The number of hydrogen-bond donors (Lipinski definition) is 2. The zero-order chi connectivity index (χ0) is 11.8. The van der Waals surface area contributed by atoms with Gasteiger partial charge in [0.2, 0.25) is 0 Å². The maximum absolute atomic E-state index is 10.4. The van der Waals surface area contributed by atoms with Gasteiger partial charge in [0.15, 0.2) is 0 Å². The Balaban J connectivity index is 2.26. The Labute approximate surface area is 97.5 Å². The number of hydrogen-bond acceptors (Lipinski definition) is 2. The third-order valence-corrected chi connectivity index (χ3v) is 3.60. The van der Waals surface area contributed by atoms with Crippen LogP contribution in [0.3, 0.4) is 0 Å². The third kappa shape index (κ3) is 2.13. The number of aliphatic hydroxyl groups is 1. The first kappa shape index (κ1) is 11.6. The standard InChI is InChI=1S/C14H21NO/c1-13(2,15)11-5-7-12(8-6-11)14(16)9-3-4-10-14/h5-8,16H,3-4,9-10,15H2,1-2H3. The van der Waals surface area contributed by atoms with Crippen LogP contribution in [0.15, 0.2) is 24.3 Å². The van der Waals surface area contributed by atoms with E-state index in [1.807, 2.05) is 38.1 Å². The fourth-order valence-corrected chi connectivity index (χ4v) is 2.46. The Hall–Kier alpha value is -0.860. The van der Waals surface area contributed by atoms with Gasteiger partial charge in [-0.3, -0.25) is 0 Å². The zero-order valence-corrected chi connectivity index (χ0v) is 10.2. The second-order valence-corrected chi connectivity index (χ2v) is 5.54. The van der Waals surface area contributed by atoms with Gasteiger partial charge >= 0.3 is 0 Å². The van der Waals surface area contributed by atoms with E-state index < -0.39 is 5.60 Å². The van der Waals surface area contributed by atoms with Crippen molar-refractivity contribution in [3.05, 3.63) is 35.4 Å². The summed E-state index contributed by atoms with van der Waals surface area (Å²) in [6.07, 6.45) is 4.03. The van der Waals surface area contributed by atoms with Crippen molar-refractivity contribution >= 4 is 0 Å². The molecule has 0 heterocycles. The molecule has 1 aliphatic rings. The second kappa shape index (κ2) is 3.86. The summed E-state index contributed by atoms with van der Waals surface area (Å²) >= 11 is 0. The topological polar surface area (TPSA) is 46.2 Å². The molecule has 0 atom stereocenters. The maximum Gasteiger partial charge on any atom is 0.0896 e. The maximum atomic E-state index is 10.4. The van der Waals surface area contributed by atoms with Gasteiger partial charge in [-0.05, 0) is 37.8 Å². The molecule has 0 aromatic heterocycles. The molecule has 3 N–H and O–H groups in total. The van der Waals surface area contributed by atoms with Crippen molar-refractivity contribution < 1.29 is 5.11 Å². The minimum Gasteiger partial charge on any atom is -0.385 e. The van der Waals surface area contributed by atoms with Gasteiger partial charge in [-0.1, -0.05) is 37.1 Å². The first-order valence-corrected chi connectivity index (χ1v) is 6.04. The quantitative estimate of drug-likeness (QED) is 0.803. The van der Waals surface area contributed by atoms with Crippen LogP contribution in [-0.4, -0.2) is 5.11 Å². The van der Waals surface area contributed by atoms with E-state index in [4.69, 9.17) is 5.73 Å².